The first-order valence-electron chi connectivity index (χ1n) is 8.09. The van der Waals surface area contributed by atoms with E-state index in [4.69, 9.17) is 4.74 Å². The molecule has 0 radical (unpaired) electrons. The molecule has 0 aromatic heterocycles. The molecule has 0 spiro atoms. The molecule has 2 N–H and O–H groups in total. The van der Waals surface area contributed by atoms with E-state index in [1.54, 1.807) is 7.11 Å². The number of hydrogen-bond acceptors (Lipinski definition) is 2. The van der Waals surface area contributed by atoms with Gasteiger partial charge in [-0.3, -0.25) is 0 Å². The van der Waals surface area contributed by atoms with E-state index in [0.717, 1.165) is 12.5 Å². The van der Waals surface area contributed by atoms with Crippen LogP contribution in [0.4, 0.5) is 0 Å². The van der Waals surface area contributed by atoms with Crippen LogP contribution in [0.1, 0.15) is 26.3 Å². The number of rotatable bonds is 6. The third-order valence-corrected chi connectivity index (χ3v) is 3.81. The van der Waals surface area contributed by atoms with Crippen molar-refractivity contribution in [3.63, 3.8) is 0 Å². The van der Waals surface area contributed by atoms with Crippen LogP contribution in [-0.2, 0) is 11.3 Å². The van der Waals surface area contributed by atoms with Crippen LogP contribution in [0.25, 0.3) is 10.8 Å². The summed E-state index contributed by atoms with van der Waals surface area (Å²) in [5, 5.41) is 9.11. The van der Waals surface area contributed by atoms with Gasteiger partial charge in [-0.25, -0.2) is 4.99 Å². The fourth-order valence-corrected chi connectivity index (χ4v) is 2.22. The van der Waals surface area contributed by atoms with E-state index in [1.165, 1.54) is 16.3 Å². The second kappa shape index (κ2) is 9.84. The normalized spacial score (nSPS) is 11.9. The van der Waals surface area contributed by atoms with Gasteiger partial charge in [-0.1, -0.05) is 36.4 Å². The Hall–Kier alpha value is -1.34. The van der Waals surface area contributed by atoms with Gasteiger partial charge in [0.15, 0.2) is 5.96 Å². The van der Waals surface area contributed by atoms with Crippen LogP contribution in [0.2, 0.25) is 0 Å². The molecule has 2 aromatic rings. The minimum atomic E-state index is -0.223. The molecule has 0 unspecified atom stereocenters. The Kier molecular flexibility index (Phi) is 8.48. The molecule has 2 aromatic carbocycles. The van der Waals surface area contributed by atoms with Crippen molar-refractivity contribution in [1.82, 2.24) is 10.6 Å². The maximum atomic E-state index is 5.43. The number of methoxy groups -OCH3 is 1. The second-order valence-corrected chi connectivity index (χ2v) is 6.19. The summed E-state index contributed by atoms with van der Waals surface area (Å²) >= 11 is 0. The van der Waals surface area contributed by atoms with Crippen molar-refractivity contribution in [2.45, 2.75) is 32.9 Å². The molecule has 0 saturated carbocycles. The highest BCUT2D eigenvalue weighted by atomic mass is 127. The van der Waals surface area contributed by atoms with Crippen LogP contribution in [-0.4, -0.2) is 31.8 Å². The zero-order valence-corrected chi connectivity index (χ0v) is 17.3. The maximum Gasteiger partial charge on any atom is 0.191 e. The number of aliphatic imine (C=N–C) groups is 1. The molecular weight excluding hydrogens is 413 g/mol. The lowest BCUT2D eigenvalue weighted by Gasteiger charge is -2.24. The fraction of sp³-hybridized carbons (Fsp3) is 0.421. The molecule has 2 rings (SSSR count). The summed E-state index contributed by atoms with van der Waals surface area (Å²) in [6, 6.07) is 14.9. The van der Waals surface area contributed by atoms with E-state index in [-0.39, 0.29) is 29.6 Å². The first kappa shape index (κ1) is 20.7. The van der Waals surface area contributed by atoms with Gasteiger partial charge in [0, 0.05) is 20.2 Å². The van der Waals surface area contributed by atoms with Gasteiger partial charge >= 0.3 is 0 Å². The standard InChI is InChI=1S/C19H27N3O.HI/c1-5-20-18(22-14-19(2,3)23-4)21-13-15-10-11-16-8-6-7-9-17(16)12-15;/h6-12H,5,13-14H2,1-4H3,(H2,20,21,22);1H. The van der Waals surface area contributed by atoms with E-state index in [2.05, 4.69) is 65.0 Å². The summed E-state index contributed by atoms with van der Waals surface area (Å²) < 4.78 is 5.43. The minimum absolute atomic E-state index is 0. The van der Waals surface area contributed by atoms with Crippen LogP contribution < -0.4 is 10.6 Å². The SMILES string of the molecule is CCNC(=NCc1ccc2ccccc2c1)NCC(C)(C)OC.I. The van der Waals surface area contributed by atoms with Crippen LogP contribution in [0.3, 0.4) is 0 Å². The molecule has 0 aliphatic carbocycles. The highest BCUT2D eigenvalue weighted by Gasteiger charge is 2.16. The van der Waals surface area contributed by atoms with Gasteiger partial charge < -0.3 is 15.4 Å². The van der Waals surface area contributed by atoms with Gasteiger partial charge in [-0.15, -0.1) is 24.0 Å². The fourth-order valence-electron chi connectivity index (χ4n) is 2.22. The summed E-state index contributed by atoms with van der Waals surface area (Å²) in [4.78, 5) is 4.67. The third-order valence-electron chi connectivity index (χ3n) is 3.81. The van der Waals surface area contributed by atoms with Gasteiger partial charge in [0.1, 0.15) is 0 Å². The zero-order valence-electron chi connectivity index (χ0n) is 14.9. The van der Waals surface area contributed by atoms with Crippen molar-refractivity contribution < 1.29 is 4.74 Å². The van der Waals surface area contributed by atoms with Crippen molar-refractivity contribution in [3.8, 4) is 0 Å². The average Bonchev–Trinajstić information content (AvgIpc) is 2.57. The Morgan fingerprint density at radius 2 is 1.79 bits per heavy atom. The number of nitrogens with one attached hydrogen (secondary N) is 2. The topological polar surface area (TPSA) is 45.7 Å². The molecule has 5 heteroatoms. The van der Waals surface area contributed by atoms with Gasteiger partial charge in [-0.05, 0) is 43.2 Å². The minimum Gasteiger partial charge on any atom is -0.377 e. The molecule has 0 bridgehead atoms. The van der Waals surface area contributed by atoms with E-state index >= 15 is 0 Å². The van der Waals surface area contributed by atoms with E-state index < -0.39 is 0 Å². The van der Waals surface area contributed by atoms with Crippen LogP contribution in [0.15, 0.2) is 47.5 Å². The first-order valence-corrected chi connectivity index (χ1v) is 8.09. The van der Waals surface area contributed by atoms with E-state index in [9.17, 15) is 0 Å². The Labute approximate surface area is 162 Å². The lowest BCUT2D eigenvalue weighted by atomic mass is 10.1. The molecule has 0 aliphatic rings. The second-order valence-electron chi connectivity index (χ2n) is 6.19. The maximum absolute atomic E-state index is 5.43. The molecule has 24 heavy (non-hydrogen) atoms. The lowest BCUT2D eigenvalue weighted by molar-refractivity contribution is 0.0268. The van der Waals surface area contributed by atoms with Gasteiger partial charge in [0.25, 0.3) is 0 Å². The number of benzene rings is 2. The molecular formula is C19H28IN3O. The predicted octanol–water partition coefficient (Wildman–Crippen LogP) is 3.94. The predicted molar refractivity (Wildman–Crippen MR) is 113 cm³/mol. The molecule has 0 atom stereocenters. The summed E-state index contributed by atoms with van der Waals surface area (Å²) in [6.07, 6.45) is 0. The number of ether oxygens (including phenoxy) is 1. The Morgan fingerprint density at radius 1 is 1.08 bits per heavy atom. The van der Waals surface area contributed by atoms with E-state index in [0.29, 0.717) is 13.1 Å². The van der Waals surface area contributed by atoms with Crippen LogP contribution in [0, 0.1) is 0 Å². The molecule has 0 amide bonds. The Morgan fingerprint density at radius 3 is 2.46 bits per heavy atom. The quantitative estimate of drug-likeness (QED) is 0.406. The summed E-state index contributed by atoms with van der Waals surface area (Å²) in [5.41, 5.74) is 0.978. The monoisotopic (exact) mass is 441 g/mol. The summed E-state index contributed by atoms with van der Waals surface area (Å²) in [6.45, 7) is 8.34. The number of nitrogens with zero attached hydrogens (tertiary/aromatic N) is 1. The van der Waals surface area contributed by atoms with Gasteiger partial charge in [-0.2, -0.15) is 0 Å². The molecule has 4 nitrogen and oxygen atoms in total. The van der Waals surface area contributed by atoms with Crippen molar-refractivity contribution in [2.24, 2.45) is 4.99 Å². The summed E-state index contributed by atoms with van der Waals surface area (Å²) in [7, 11) is 1.72. The van der Waals surface area contributed by atoms with Crippen LogP contribution in [0.5, 0.6) is 0 Å². The van der Waals surface area contributed by atoms with Crippen molar-refractivity contribution in [1.29, 1.82) is 0 Å². The van der Waals surface area contributed by atoms with Crippen molar-refractivity contribution in [3.05, 3.63) is 48.0 Å². The number of fused-ring (bicyclic) bond motifs is 1. The Balaban J connectivity index is 0.00000288. The molecule has 0 heterocycles. The molecule has 0 aliphatic heterocycles. The first-order chi connectivity index (χ1) is 11.0. The third kappa shape index (κ3) is 6.28. The van der Waals surface area contributed by atoms with E-state index in [1.807, 2.05) is 13.8 Å². The number of halogens is 1. The highest BCUT2D eigenvalue weighted by molar-refractivity contribution is 14.0. The number of guanidine groups is 1. The van der Waals surface area contributed by atoms with Crippen molar-refractivity contribution >= 4 is 40.7 Å². The zero-order chi connectivity index (χ0) is 16.7. The average molecular weight is 441 g/mol. The molecule has 0 fully saturated rings. The summed E-state index contributed by atoms with van der Waals surface area (Å²) in [5.74, 6) is 0.811. The Bertz CT molecular complexity index is 670. The van der Waals surface area contributed by atoms with Crippen molar-refractivity contribution in [2.75, 3.05) is 20.2 Å². The van der Waals surface area contributed by atoms with Gasteiger partial charge in [0.2, 0.25) is 0 Å². The highest BCUT2D eigenvalue weighted by Crippen LogP contribution is 2.16. The lowest BCUT2D eigenvalue weighted by Crippen LogP contribution is -2.45. The van der Waals surface area contributed by atoms with Crippen LogP contribution >= 0.6 is 24.0 Å². The smallest absolute Gasteiger partial charge is 0.191 e. The molecule has 132 valence electrons. The van der Waals surface area contributed by atoms with Gasteiger partial charge in [0.05, 0.1) is 12.1 Å². The largest absolute Gasteiger partial charge is 0.377 e. The molecule has 0 saturated heterocycles. The number of hydrogen-bond donors (Lipinski definition) is 2.